The molecule has 1 aliphatic rings. The molecule has 1 fully saturated rings. The van der Waals surface area contributed by atoms with Crippen molar-refractivity contribution in [1.29, 1.82) is 0 Å². The second kappa shape index (κ2) is 7.54. The molecule has 0 atom stereocenters. The SMILES string of the molecule is CCc1nc(CCCCNC2CCOCC2)c[nH]1. The molecule has 2 rings (SSSR count). The minimum absolute atomic E-state index is 0.677. The average molecular weight is 251 g/mol. The van der Waals surface area contributed by atoms with E-state index in [2.05, 4.69) is 22.2 Å². The van der Waals surface area contributed by atoms with Gasteiger partial charge in [-0.1, -0.05) is 6.92 Å². The van der Waals surface area contributed by atoms with Crippen LogP contribution >= 0.6 is 0 Å². The summed E-state index contributed by atoms with van der Waals surface area (Å²) in [5.41, 5.74) is 1.21. The number of rotatable bonds is 7. The number of aromatic nitrogens is 2. The molecule has 1 aromatic rings. The minimum Gasteiger partial charge on any atom is -0.381 e. The van der Waals surface area contributed by atoms with Crippen LogP contribution in [0.3, 0.4) is 0 Å². The van der Waals surface area contributed by atoms with Crippen molar-refractivity contribution in [3.63, 3.8) is 0 Å². The first-order chi connectivity index (χ1) is 8.88. The second-order valence-corrected chi connectivity index (χ2v) is 4.99. The number of aromatic amines is 1. The van der Waals surface area contributed by atoms with Crippen molar-refractivity contribution in [3.05, 3.63) is 17.7 Å². The molecular formula is C14H25N3O. The summed E-state index contributed by atoms with van der Waals surface area (Å²) >= 11 is 0. The maximum Gasteiger partial charge on any atom is 0.106 e. The van der Waals surface area contributed by atoms with Gasteiger partial charge in [0.25, 0.3) is 0 Å². The molecule has 0 spiro atoms. The van der Waals surface area contributed by atoms with E-state index in [9.17, 15) is 0 Å². The third-order valence-electron chi connectivity index (χ3n) is 3.53. The lowest BCUT2D eigenvalue weighted by Crippen LogP contribution is -2.35. The van der Waals surface area contributed by atoms with E-state index >= 15 is 0 Å². The van der Waals surface area contributed by atoms with E-state index in [-0.39, 0.29) is 0 Å². The Kier molecular flexibility index (Phi) is 5.68. The molecule has 0 aliphatic carbocycles. The van der Waals surface area contributed by atoms with Gasteiger partial charge in [-0.2, -0.15) is 0 Å². The highest BCUT2D eigenvalue weighted by Crippen LogP contribution is 2.07. The van der Waals surface area contributed by atoms with Crippen molar-refractivity contribution >= 4 is 0 Å². The highest BCUT2D eigenvalue weighted by molar-refractivity contribution is 5.01. The molecule has 1 aromatic heterocycles. The summed E-state index contributed by atoms with van der Waals surface area (Å²) in [6, 6.07) is 0.677. The van der Waals surface area contributed by atoms with Gasteiger partial charge in [0, 0.05) is 31.9 Å². The van der Waals surface area contributed by atoms with Gasteiger partial charge in [0.1, 0.15) is 5.82 Å². The fourth-order valence-corrected chi connectivity index (χ4v) is 2.35. The first-order valence-electron chi connectivity index (χ1n) is 7.22. The fourth-order valence-electron chi connectivity index (χ4n) is 2.35. The van der Waals surface area contributed by atoms with Crippen LogP contribution in [0.1, 0.15) is 44.1 Å². The van der Waals surface area contributed by atoms with Crippen LogP contribution in [-0.4, -0.2) is 35.8 Å². The van der Waals surface area contributed by atoms with E-state index in [0.717, 1.165) is 38.4 Å². The molecule has 2 N–H and O–H groups in total. The summed E-state index contributed by atoms with van der Waals surface area (Å²) in [5, 5.41) is 3.62. The first kappa shape index (κ1) is 13.6. The van der Waals surface area contributed by atoms with Crippen LogP contribution in [0.15, 0.2) is 6.20 Å². The van der Waals surface area contributed by atoms with Gasteiger partial charge in [-0.3, -0.25) is 0 Å². The van der Waals surface area contributed by atoms with E-state index in [1.165, 1.54) is 31.4 Å². The largest absolute Gasteiger partial charge is 0.381 e. The van der Waals surface area contributed by atoms with E-state index in [1.54, 1.807) is 0 Å². The Balaban J connectivity index is 1.52. The zero-order valence-corrected chi connectivity index (χ0v) is 11.4. The van der Waals surface area contributed by atoms with Gasteiger partial charge in [-0.05, 0) is 38.6 Å². The number of aryl methyl sites for hydroxylation is 2. The molecule has 102 valence electrons. The van der Waals surface area contributed by atoms with Gasteiger partial charge in [0.2, 0.25) is 0 Å². The molecule has 1 saturated heterocycles. The predicted molar refractivity (Wildman–Crippen MR) is 72.7 cm³/mol. The summed E-state index contributed by atoms with van der Waals surface area (Å²) in [7, 11) is 0. The smallest absolute Gasteiger partial charge is 0.106 e. The number of nitrogens with one attached hydrogen (secondary N) is 2. The van der Waals surface area contributed by atoms with Crippen molar-refractivity contribution < 1.29 is 4.74 Å². The van der Waals surface area contributed by atoms with Gasteiger partial charge in [-0.15, -0.1) is 0 Å². The average Bonchev–Trinajstić information content (AvgIpc) is 2.87. The molecule has 0 bridgehead atoms. The summed E-state index contributed by atoms with van der Waals surface area (Å²) in [6.07, 6.45) is 8.90. The Hall–Kier alpha value is -0.870. The molecule has 4 nitrogen and oxygen atoms in total. The summed E-state index contributed by atoms with van der Waals surface area (Å²) in [6.45, 7) is 5.09. The lowest BCUT2D eigenvalue weighted by Gasteiger charge is -2.23. The third-order valence-corrected chi connectivity index (χ3v) is 3.53. The zero-order valence-electron chi connectivity index (χ0n) is 11.4. The molecule has 0 unspecified atom stereocenters. The van der Waals surface area contributed by atoms with Crippen LogP contribution in [-0.2, 0) is 17.6 Å². The van der Waals surface area contributed by atoms with Crippen LogP contribution in [0, 0.1) is 0 Å². The Morgan fingerprint density at radius 2 is 2.22 bits per heavy atom. The van der Waals surface area contributed by atoms with Gasteiger partial charge in [0.05, 0.1) is 5.69 Å². The lowest BCUT2D eigenvalue weighted by molar-refractivity contribution is 0.0780. The monoisotopic (exact) mass is 251 g/mol. The van der Waals surface area contributed by atoms with E-state index < -0.39 is 0 Å². The number of imidazole rings is 1. The van der Waals surface area contributed by atoms with Gasteiger partial charge >= 0.3 is 0 Å². The Labute approximate surface area is 110 Å². The van der Waals surface area contributed by atoms with E-state index in [1.807, 2.05) is 6.20 Å². The second-order valence-electron chi connectivity index (χ2n) is 4.99. The normalized spacial score (nSPS) is 17.2. The zero-order chi connectivity index (χ0) is 12.6. The Morgan fingerprint density at radius 1 is 1.39 bits per heavy atom. The summed E-state index contributed by atoms with van der Waals surface area (Å²) < 4.78 is 5.35. The van der Waals surface area contributed by atoms with Crippen LogP contribution in [0.5, 0.6) is 0 Å². The molecule has 0 radical (unpaired) electrons. The number of ether oxygens (including phenoxy) is 1. The number of hydrogen-bond donors (Lipinski definition) is 2. The third kappa shape index (κ3) is 4.42. The van der Waals surface area contributed by atoms with Crippen LogP contribution in [0.2, 0.25) is 0 Å². The highest BCUT2D eigenvalue weighted by atomic mass is 16.5. The minimum atomic E-state index is 0.677. The molecule has 0 amide bonds. The number of H-pyrrole nitrogens is 1. The highest BCUT2D eigenvalue weighted by Gasteiger charge is 2.11. The van der Waals surface area contributed by atoms with Crippen molar-refractivity contribution in [1.82, 2.24) is 15.3 Å². The van der Waals surface area contributed by atoms with Gasteiger partial charge < -0.3 is 15.0 Å². The van der Waals surface area contributed by atoms with E-state index in [0.29, 0.717) is 6.04 Å². The van der Waals surface area contributed by atoms with Crippen LogP contribution in [0.25, 0.3) is 0 Å². The van der Waals surface area contributed by atoms with E-state index in [4.69, 9.17) is 4.74 Å². The summed E-state index contributed by atoms with van der Waals surface area (Å²) in [4.78, 5) is 7.73. The Bertz CT molecular complexity index is 332. The molecule has 18 heavy (non-hydrogen) atoms. The molecular weight excluding hydrogens is 226 g/mol. The van der Waals surface area contributed by atoms with Crippen molar-refractivity contribution in [3.8, 4) is 0 Å². The van der Waals surface area contributed by atoms with Gasteiger partial charge in [0.15, 0.2) is 0 Å². The Morgan fingerprint density at radius 3 is 2.94 bits per heavy atom. The topological polar surface area (TPSA) is 49.9 Å². The molecule has 1 aliphatic heterocycles. The quantitative estimate of drug-likeness (QED) is 0.729. The fraction of sp³-hybridized carbons (Fsp3) is 0.786. The standard InChI is InChI=1S/C14H25N3O/c1-2-14-16-11-13(17-14)5-3-4-8-15-12-6-9-18-10-7-12/h11-12,15H,2-10H2,1H3,(H,16,17). The summed E-state index contributed by atoms with van der Waals surface area (Å²) in [5.74, 6) is 1.10. The van der Waals surface area contributed by atoms with Gasteiger partial charge in [-0.25, -0.2) is 4.98 Å². The predicted octanol–water partition coefficient (Wildman–Crippen LogP) is 2.06. The van der Waals surface area contributed by atoms with Crippen LogP contribution < -0.4 is 5.32 Å². The lowest BCUT2D eigenvalue weighted by atomic mass is 10.1. The molecule has 0 saturated carbocycles. The maximum atomic E-state index is 5.35. The van der Waals surface area contributed by atoms with Crippen molar-refractivity contribution in [2.75, 3.05) is 19.8 Å². The maximum absolute atomic E-state index is 5.35. The number of hydrogen-bond acceptors (Lipinski definition) is 3. The molecule has 0 aromatic carbocycles. The van der Waals surface area contributed by atoms with Crippen molar-refractivity contribution in [2.45, 2.75) is 51.5 Å². The first-order valence-corrected chi connectivity index (χ1v) is 7.22. The van der Waals surface area contributed by atoms with Crippen LogP contribution in [0.4, 0.5) is 0 Å². The number of unbranched alkanes of at least 4 members (excludes halogenated alkanes) is 1. The van der Waals surface area contributed by atoms with Crippen molar-refractivity contribution in [2.24, 2.45) is 0 Å². The number of nitrogens with zero attached hydrogens (tertiary/aromatic N) is 1. The molecule has 2 heterocycles. The molecule has 4 heteroatoms.